The second kappa shape index (κ2) is 7.05. The lowest BCUT2D eigenvalue weighted by Crippen LogP contribution is -2.54. The summed E-state index contributed by atoms with van der Waals surface area (Å²) < 4.78 is 12.6. The van der Waals surface area contributed by atoms with E-state index >= 15 is 0 Å². The standard InChI is InChI=1S/C18H22N4O4/c1-20-16(23)13-4-2-3-5-14(13)19-18(20)22-8-11-26-15(12-22)17(24)21-6-9-25-10-7-21/h2-5,15H,6-12H2,1H3. The SMILES string of the molecule is Cn1c(N2CCOC(C(=O)N3CCOCC3)C2)nc2ccccc2c1=O. The van der Waals surface area contributed by atoms with E-state index in [9.17, 15) is 9.59 Å². The van der Waals surface area contributed by atoms with Gasteiger partial charge in [-0.2, -0.15) is 0 Å². The van der Waals surface area contributed by atoms with Crippen LogP contribution in [0.2, 0.25) is 0 Å². The molecular formula is C18H22N4O4. The Hall–Kier alpha value is -2.45. The van der Waals surface area contributed by atoms with Crippen molar-refractivity contribution in [3.63, 3.8) is 0 Å². The van der Waals surface area contributed by atoms with Crippen molar-refractivity contribution in [2.45, 2.75) is 6.10 Å². The molecule has 2 aromatic rings. The lowest BCUT2D eigenvalue weighted by Gasteiger charge is -2.36. The number of carbonyl (C=O) groups is 1. The summed E-state index contributed by atoms with van der Waals surface area (Å²) in [5.74, 6) is 0.542. The minimum atomic E-state index is -0.551. The van der Waals surface area contributed by atoms with E-state index in [2.05, 4.69) is 4.98 Å². The molecule has 8 heteroatoms. The van der Waals surface area contributed by atoms with E-state index in [1.54, 1.807) is 22.6 Å². The van der Waals surface area contributed by atoms with Gasteiger partial charge in [0.2, 0.25) is 5.95 Å². The van der Waals surface area contributed by atoms with E-state index in [-0.39, 0.29) is 11.5 Å². The molecule has 2 saturated heterocycles. The molecule has 0 N–H and O–H groups in total. The number of amides is 1. The van der Waals surface area contributed by atoms with Gasteiger partial charge in [0, 0.05) is 26.7 Å². The van der Waals surface area contributed by atoms with Crippen LogP contribution in [0.15, 0.2) is 29.1 Å². The maximum Gasteiger partial charge on any atom is 0.262 e. The van der Waals surface area contributed by atoms with Crippen LogP contribution in [0.4, 0.5) is 5.95 Å². The highest BCUT2D eigenvalue weighted by molar-refractivity contribution is 5.82. The zero-order valence-corrected chi connectivity index (χ0v) is 14.8. The van der Waals surface area contributed by atoms with Crippen LogP contribution in [-0.4, -0.2) is 72.5 Å². The van der Waals surface area contributed by atoms with Gasteiger partial charge in [0.05, 0.1) is 37.3 Å². The number of hydrogen-bond donors (Lipinski definition) is 0. The molecule has 0 aliphatic carbocycles. The number of fused-ring (bicyclic) bond motifs is 1. The molecule has 0 bridgehead atoms. The van der Waals surface area contributed by atoms with Crippen LogP contribution in [0.25, 0.3) is 10.9 Å². The van der Waals surface area contributed by atoms with Crippen molar-refractivity contribution in [1.82, 2.24) is 14.5 Å². The molecule has 2 fully saturated rings. The Balaban J connectivity index is 1.60. The summed E-state index contributed by atoms with van der Waals surface area (Å²) in [6.07, 6.45) is -0.551. The second-order valence-electron chi connectivity index (χ2n) is 6.54. The molecule has 4 rings (SSSR count). The molecule has 1 amide bonds. The Kier molecular flexibility index (Phi) is 4.60. The molecule has 2 aliphatic heterocycles. The number of carbonyl (C=O) groups excluding carboxylic acids is 1. The summed E-state index contributed by atoms with van der Waals surface area (Å²) in [5.41, 5.74) is 0.571. The van der Waals surface area contributed by atoms with Crippen LogP contribution >= 0.6 is 0 Å². The fourth-order valence-corrected chi connectivity index (χ4v) is 3.46. The second-order valence-corrected chi connectivity index (χ2v) is 6.54. The summed E-state index contributed by atoms with van der Waals surface area (Å²) in [5, 5.41) is 0.591. The van der Waals surface area contributed by atoms with Gasteiger partial charge in [-0.05, 0) is 12.1 Å². The summed E-state index contributed by atoms with van der Waals surface area (Å²) in [6, 6.07) is 7.30. The number of nitrogens with zero attached hydrogens (tertiary/aromatic N) is 4. The third-order valence-corrected chi connectivity index (χ3v) is 4.91. The molecule has 0 spiro atoms. The maximum atomic E-state index is 12.7. The van der Waals surface area contributed by atoms with E-state index in [1.807, 2.05) is 23.1 Å². The van der Waals surface area contributed by atoms with Gasteiger partial charge in [0.15, 0.2) is 6.10 Å². The number of aromatic nitrogens is 2. The molecule has 26 heavy (non-hydrogen) atoms. The van der Waals surface area contributed by atoms with Gasteiger partial charge in [0.1, 0.15) is 0 Å². The fraction of sp³-hybridized carbons (Fsp3) is 0.500. The molecular weight excluding hydrogens is 336 g/mol. The number of benzene rings is 1. The minimum absolute atomic E-state index is 0.0243. The zero-order chi connectivity index (χ0) is 18.1. The third-order valence-electron chi connectivity index (χ3n) is 4.91. The number of ether oxygens (including phenoxy) is 2. The van der Waals surface area contributed by atoms with Crippen molar-refractivity contribution in [3.05, 3.63) is 34.6 Å². The van der Waals surface area contributed by atoms with Crippen molar-refractivity contribution in [2.24, 2.45) is 7.05 Å². The van der Waals surface area contributed by atoms with E-state index in [1.165, 1.54) is 0 Å². The molecule has 1 aromatic heterocycles. The monoisotopic (exact) mass is 358 g/mol. The van der Waals surface area contributed by atoms with Crippen LogP contribution in [0.5, 0.6) is 0 Å². The molecule has 1 unspecified atom stereocenters. The number of morpholine rings is 2. The largest absolute Gasteiger partial charge is 0.378 e. The summed E-state index contributed by atoms with van der Waals surface area (Å²) in [6.45, 7) is 3.69. The van der Waals surface area contributed by atoms with Gasteiger partial charge >= 0.3 is 0 Å². The fourth-order valence-electron chi connectivity index (χ4n) is 3.46. The summed E-state index contributed by atoms with van der Waals surface area (Å²) >= 11 is 0. The first-order valence-corrected chi connectivity index (χ1v) is 8.84. The predicted octanol–water partition coefficient (Wildman–Crippen LogP) is -0.00250. The van der Waals surface area contributed by atoms with Gasteiger partial charge in [-0.25, -0.2) is 4.98 Å². The molecule has 138 valence electrons. The Bertz CT molecular complexity index is 875. The van der Waals surface area contributed by atoms with Crippen LogP contribution in [0.1, 0.15) is 0 Å². The highest BCUT2D eigenvalue weighted by Crippen LogP contribution is 2.18. The molecule has 3 heterocycles. The third kappa shape index (κ3) is 3.06. The number of anilines is 1. The highest BCUT2D eigenvalue weighted by Gasteiger charge is 2.32. The van der Waals surface area contributed by atoms with Crippen LogP contribution in [-0.2, 0) is 21.3 Å². The Morgan fingerprint density at radius 1 is 1.15 bits per heavy atom. The van der Waals surface area contributed by atoms with Crippen LogP contribution in [0, 0.1) is 0 Å². The maximum absolute atomic E-state index is 12.7. The first-order chi connectivity index (χ1) is 12.6. The minimum Gasteiger partial charge on any atom is -0.378 e. The molecule has 8 nitrogen and oxygen atoms in total. The van der Waals surface area contributed by atoms with E-state index in [0.29, 0.717) is 62.9 Å². The smallest absolute Gasteiger partial charge is 0.262 e. The summed E-state index contributed by atoms with van der Waals surface area (Å²) in [7, 11) is 1.71. The van der Waals surface area contributed by atoms with Gasteiger partial charge in [-0.1, -0.05) is 12.1 Å². The first kappa shape index (κ1) is 17.0. The van der Waals surface area contributed by atoms with Crippen molar-refractivity contribution in [2.75, 3.05) is 50.9 Å². The van der Waals surface area contributed by atoms with Gasteiger partial charge in [-0.15, -0.1) is 0 Å². The Morgan fingerprint density at radius 3 is 2.73 bits per heavy atom. The van der Waals surface area contributed by atoms with Crippen LogP contribution in [0.3, 0.4) is 0 Å². The topological polar surface area (TPSA) is 76.9 Å². The summed E-state index contributed by atoms with van der Waals surface area (Å²) in [4.78, 5) is 33.7. The number of para-hydroxylation sites is 1. The van der Waals surface area contributed by atoms with E-state index in [0.717, 1.165) is 0 Å². The Labute approximate surface area is 150 Å². The average Bonchev–Trinajstić information content (AvgIpc) is 2.71. The molecule has 0 radical (unpaired) electrons. The van der Waals surface area contributed by atoms with Crippen molar-refractivity contribution in [3.8, 4) is 0 Å². The molecule has 1 aromatic carbocycles. The van der Waals surface area contributed by atoms with Crippen molar-refractivity contribution >= 4 is 22.8 Å². The van der Waals surface area contributed by atoms with E-state index in [4.69, 9.17) is 9.47 Å². The van der Waals surface area contributed by atoms with Gasteiger partial charge < -0.3 is 19.3 Å². The lowest BCUT2D eigenvalue weighted by atomic mass is 10.2. The molecule has 0 saturated carbocycles. The normalized spacial score (nSPS) is 21.2. The lowest BCUT2D eigenvalue weighted by molar-refractivity contribution is -0.148. The molecule has 1 atom stereocenters. The molecule has 2 aliphatic rings. The van der Waals surface area contributed by atoms with E-state index < -0.39 is 6.10 Å². The zero-order valence-electron chi connectivity index (χ0n) is 14.8. The van der Waals surface area contributed by atoms with Gasteiger partial charge in [-0.3, -0.25) is 14.2 Å². The highest BCUT2D eigenvalue weighted by atomic mass is 16.5. The van der Waals surface area contributed by atoms with Crippen molar-refractivity contribution in [1.29, 1.82) is 0 Å². The number of rotatable bonds is 2. The average molecular weight is 358 g/mol. The van der Waals surface area contributed by atoms with Crippen LogP contribution < -0.4 is 10.5 Å². The number of hydrogen-bond acceptors (Lipinski definition) is 6. The van der Waals surface area contributed by atoms with Crippen molar-refractivity contribution < 1.29 is 14.3 Å². The first-order valence-electron chi connectivity index (χ1n) is 8.84. The van der Waals surface area contributed by atoms with Gasteiger partial charge in [0.25, 0.3) is 11.5 Å². The Morgan fingerprint density at radius 2 is 1.92 bits per heavy atom. The quantitative estimate of drug-likeness (QED) is 0.752. The predicted molar refractivity (Wildman–Crippen MR) is 96.3 cm³/mol.